The van der Waals surface area contributed by atoms with Crippen LogP contribution in [0.4, 0.5) is 15.2 Å². The van der Waals surface area contributed by atoms with Crippen LogP contribution in [0.1, 0.15) is 29.3 Å². The Morgan fingerprint density at radius 3 is 2.50 bits per heavy atom. The third-order valence-corrected chi connectivity index (χ3v) is 10.8. The van der Waals surface area contributed by atoms with Gasteiger partial charge in [-0.05, 0) is 66.3 Å². The summed E-state index contributed by atoms with van der Waals surface area (Å²) in [6.45, 7) is 5.27. The van der Waals surface area contributed by atoms with Crippen LogP contribution in [0, 0.1) is 29.0 Å². The Kier molecular flexibility index (Phi) is 7.27. The van der Waals surface area contributed by atoms with E-state index in [0.717, 1.165) is 55.7 Å². The zero-order valence-corrected chi connectivity index (χ0v) is 26.0. The van der Waals surface area contributed by atoms with Crippen molar-refractivity contribution < 1.29 is 14.3 Å². The molecular formula is C34H34FN7O3S. The van der Waals surface area contributed by atoms with Crippen LogP contribution in [-0.2, 0) is 11.3 Å². The van der Waals surface area contributed by atoms with Gasteiger partial charge >= 0.3 is 0 Å². The topological polar surface area (TPSA) is 118 Å². The molecule has 2 unspecified atom stereocenters. The molecule has 4 aromatic rings. The smallest absolute Gasteiger partial charge is 0.258 e. The number of nitrogens with zero attached hydrogens (tertiary/aromatic N) is 6. The summed E-state index contributed by atoms with van der Waals surface area (Å²) in [5.74, 6) is 0.352. The molecule has 1 amide bonds. The molecule has 4 aliphatic rings. The van der Waals surface area contributed by atoms with E-state index in [0.29, 0.717) is 52.8 Å². The second-order valence-corrected chi connectivity index (χ2v) is 13.9. The Bertz CT molecular complexity index is 1910. The number of thiazole rings is 1. The van der Waals surface area contributed by atoms with E-state index >= 15 is 0 Å². The molecule has 12 heteroatoms. The van der Waals surface area contributed by atoms with E-state index < -0.39 is 0 Å². The summed E-state index contributed by atoms with van der Waals surface area (Å²) in [4.78, 5) is 37.8. The minimum absolute atomic E-state index is 0.0165. The lowest BCUT2D eigenvalue weighted by atomic mass is 10.1. The number of carbonyl (C=O) groups is 1. The third kappa shape index (κ3) is 5.42. The van der Waals surface area contributed by atoms with Crippen LogP contribution < -0.4 is 15.8 Å². The molecule has 2 aromatic carbocycles. The number of pyridine rings is 1. The standard InChI is InChI=1S/C34H34FN7O3S/c35-22-3-1-20(2-4-22)31-29(14-36)46-34(38-31)37-15-21-16-42(23-5-6-23)33(45)25-8-7-24(13-26(21)25)40-11-9-39(10-12-40)19-30(43)41-17-27-28(18-41)32(27)44/h1-4,7-8,13,16,23,27-28,32,44H,5-6,9-12,15,17-19H2,(H,37,38). The number of hydrogen-bond acceptors (Lipinski definition) is 9. The zero-order chi connectivity index (χ0) is 31.5. The molecule has 0 radical (unpaired) electrons. The summed E-state index contributed by atoms with van der Waals surface area (Å²) >= 11 is 1.25. The quantitative estimate of drug-likeness (QED) is 0.300. The van der Waals surface area contributed by atoms with E-state index in [1.807, 2.05) is 27.8 Å². The van der Waals surface area contributed by atoms with Gasteiger partial charge in [-0.2, -0.15) is 5.26 Å². The highest BCUT2D eigenvalue weighted by Gasteiger charge is 2.56. The van der Waals surface area contributed by atoms with Gasteiger partial charge in [0.05, 0.1) is 12.6 Å². The average Bonchev–Trinajstić information content (AvgIpc) is 3.90. The summed E-state index contributed by atoms with van der Waals surface area (Å²) in [7, 11) is 0. The van der Waals surface area contributed by atoms with Crippen molar-refractivity contribution in [3.8, 4) is 17.3 Å². The number of halogens is 1. The van der Waals surface area contributed by atoms with Crippen molar-refractivity contribution >= 4 is 38.8 Å². The van der Waals surface area contributed by atoms with Crippen molar-refractivity contribution in [3.05, 3.63) is 75.3 Å². The molecule has 2 atom stereocenters. The number of nitrogens with one attached hydrogen (secondary N) is 1. The normalized spacial score (nSPS) is 22.6. The Morgan fingerprint density at radius 2 is 1.80 bits per heavy atom. The highest BCUT2D eigenvalue weighted by molar-refractivity contribution is 7.16. The van der Waals surface area contributed by atoms with Gasteiger partial charge in [0.1, 0.15) is 22.5 Å². The number of fused-ring (bicyclic) bond motifs is 2. The van der Waals surface area contributed by atoms with Crippen LogP contribution in [0.3, 0.4) is 0 Å². The molecule has 0 spiro atoms. The number of hydrogen-bond donors (Lipinski definition) is 2. The summed E-state index contributed by atoms with van der Waals surface area (Å²) < 4.78 is 15.3. The number of aliphatic hydroxyl groups excluding tert-OH is 1. The van der Waals surface area contributed by atoms with Crippen molar-refractivity contribution in [2.24, 2.45) is 11.8 Å². The first-order chi connectivity index (χ1) is 22.4. The number of rotatable bonds is 8. The van der Waals surface area contributed by atoms with Crippen LogP contribution in [0.15, 0.2) is 53.5 Å². The number of nitriles is 1. The molecule has 2 aromatic heterocycles. The molecule has 236 valence electrons. The molecule has 4 fully saturated rings. The largest absolute Gasteiger partial charge is 0.392 e. The number of piperazine rings is 1. The SMILES string of the molecule is N#Cc1sc(NCc2cn(C3CC3)c(=O)c3ccc(N4CCN(CC(=O)N5CC6C(O)C6C5)CC4)cc23)nc1-c1ccc(F)cc1. The molecule has 2 N–H and O–H groups in total. The predicted octanol–water partition coefficient (Wildman–Crippen LogP) is 3.65. The monoisotopic (exact) mass is 639 g/mol. The van der Waals surface area contributed by atoms with Crippen molar-refractivity contribution in [2.45, 2.75) is 31.5 Å². The predicted molar refractivity (Wildman–Crippen MR) is 174 cm³/mol. The lowest BCUT2D eigenvalue weighted by Gasteiger charge is -2.36. The van der Waals surface area contributed by atoms with E-state index in [9.17, 15) is 24.3 Å². The van der Waals surface area contributed by atoms with E-state index in [1.165, 1.54) is 23.5 Å². The fourth-order valence-corrected chi connectivity index (χ4v) is 7.76. The van der Waals surface area contributed by atoms with Gasteiger partial charge in [0, 0.05) is 86.5 Å². The van der Waals surface area contributed by atoms with Crippen LogP contribution in [0.2, 0.25) is 0 Å². The van der Waals surface area contributed by atoms with Crippen molar-refractivity contribution in [3.63, 3.8) is 0 Å². The Balaban J connectivity index is 0.996. The molecule has 2 saturated carbocycles. The molecule has 2 aliphatic heterocycles. The number of benzene rings is 2. The van der Waals surface area contributed by atoms with Crippen LogP contribution in [0.5, 0.6) is 0 Å². The number of aliphatic hydroxyl groups is 1. The molecule has 4 heterocycles. The zero-order valence-electron chi connectivity index (χ0n) is 25.2. The molecule has 2 saturated heterocycles. The van der Waals surface area contributed by atoms with E-state index in [2.05, 4.69) is 32.2 Å². The lowest BCUT2D eigenvalue weighted by molar-refractivity contribution is -0.132. The first kappa shape index (κ1) is 29.1. The van der Waals surface area contributed by atoms with Crippen molar-refractivity contribution in [2.75, 3.05) is 56.0 Å². The lowest BCUT2D eigenvalue weighted by Crippen LogP contribution is -2.50. The maximum Gasteiger partial charge on any atom is 0.258 e. The number of carbonyl (C=O) groups excluding carboxylic acids is 1. The number of piperidine rings is 1. The van der Waals surface area contributed by atoms with Gasteiger partial charge in [-0.25, -0.2) is 9.37 Å². The number of aromatic nitrogens is 2. The van der Waals surface area contributed by atoms with E-state index in [-0.39, 0.29) is 41.3 Å². The Hall–Kier alpha value is -4.31. The maximum atomic E-state index is 13.5. The van der Waals surface area contributed by atoms with Crippen molar-refractivity contribution in [1.82, 2.24) is 19.4 Å². The Labute approximate surface area is 269 Å². The van der Waals surface area contributed by atoms with Gasteiger partial charge in [0.25, 0.3) is 5.56 Å². The second-order valence-electron chi connectivity index (χ2n) is 12.9. The fourth-order valence-electron chi connectivity index (χ4n) is 6.98. The molecule has 8 rings (SSSR count). The number of likely N-dealkylation sites (tertiary alicyclic amines) is 1. The van der Waals surface area contributed by atoms with Gasteiger partial charge in [-0.1, -0.05) is 11.3 Å². The van der Waals surface area contributed by atoms with Crippen LogP contribution in [0.25, 0.3) is 22.0 Å². The summed E-state index contributed by atoms with van der Waals surface area (Å²) in [6, 6.07) is 14.4. The second kappa shape index (κ2) is 11.5. The van der Waals surface area contributed by atoms with Crippen molar-refractivity contribution in [1.29, 1.82) is 5.26 Å². The van der Waals surface area contributed by atoms with Gasteiger partial charge in [-0.15, -0.1) is 0 Å². The van der Waals surface area contributed by atoms with Gasteiger partial charge in [-0.3, -0.25) is 14.5 Å². The molecular weight excluding hydrogens is 605 g/mol. The van der Waals surface area contributed by atoms with Gasteiger partial charge in [0.15, 0.2) is 5.13 Å². The van der Waals surface area contributed by atoms with Crippen LogP contribution >= 0.6 is 11.3 Å². The average molecular weight is 640 g/mol. The summed E-state index contributed by atoms with van der Waals surface area (Å²) in [5, 5.41) is 25.1. The highest BCUT2D eigenvalue weighted by Crippen LogP contribution is 2.45. The number of anilines is 2. The van der Waals surface area contributed by atoms with E-state index in [1.54, 1.807) is 12.1 Å². The minimum atomic E-state index is -0.347. The molecule has 46 heavy (non-hydrogen) atoms. The highest BCUT2D eigenvalue weighted by atomic mass is 32.1. The molecule has 0 bridgehead atoms. The Morgan fingerprint density at radius 1 is 1.07 bits per heavy atom. The molecule has 10 nitrogen and oxygen atoms in total. The first-order valence-corrected chi connectivity index (χ1v) is 16.7. The molecule has 2 aliphatic carbocycles. The maximum absolute atomic E-state index is 13.5. The first-order valence-electron chi connectivity index (χ1n) is 15.9. The fraction of sp³-hybridized carbons (Fsp3) is 0.412. The minimum Gasteiger partial charge on any atom is -0.392 e. The van der Waals surface area contributed by atoms with Gasteiger partial charge in [0.2, 0.25) is 5.91 Å². The summed E-state index contributed by atoms with van der Waals surface area (Å²) in [5.41, 5.74) is 3.22. The van der Waals surface area contributed by atoms with E-state index in [4.69, 9.17) is 0 Å². The third-order valence-electron chi connectivity index (χ3n) is 9.92. The van der Waals surface area contributed by atoms with Crippen LogP contribution in [-0.4, -0.2) is 82.3 Å². The summed E-state index contributed by atoms with van der Waals surface area (Å²) in [6.07, 6.45) is 3.72. The van der Waals surface area contributed by atoms with Gasteiger partial charge < -0.3 is 24.8 Å². The number of amides is 1.